The number of hydrogen-bond acceptors (Lipinski definition) is 5. The minimum Gasteiger partial charge on any atom is -0.476 e. The molecule has 0 radical (unpaired) electrons. The highest BCUT2D eigenvalue weighted by atomic mass is 16.4. The Kier molecular flexibility index (Phi) is 3.38. The zero-order valence-electron chi connectivity index (χ0n) is 10.9. The predicted molar refractivity (Wildman–Crippen MR) is 73.6 cm³/mol. The van der Waals surface area contributed by atoms with Crippen LogP contribution in [0.3, 0.4) is 0 Å². The topological polar surface area (TPSA) is 93.8 Å². The van der Waals surface area contributed by atoms with Crippen LogP contribution in [-0.4, -0.2) is 36.0 Å². The van der Waals surface area contributed by atoms with Crippen LogP contribution in [0.2, 0.25) is 0 Å². The summed E-state index contributed by atoms with van der Waals surface area (Å²) >= 11 is 0. The van der Waals surface area contributed by atoms with E-state index in [1.165, 1.54) is 4.68 Å². The first-order valence-electron chi connectivity index (χ1n) is 6.23. The molecule has 3 heterocycles. The average molecular weight is 281 g/mol. The van der Waals surface area contributed by atoms with E-state index in [1.54, 1.807) is 36.8 Å². The molecule has 3 aromatic heterocycles. The average Bonchev–Trinajstić information content (AvgIpc) is 2.93. The van der Waals surface area contributed by atoms with Gasteiger partial charge in [0, 0.05) is 18.6 Å². The van der Waals surface area contributed by atoms with Gasteiger partial charge in [0.1, 0.15) is 5.69 Å². The number of aromatic carboxylic acids is 1. The van der Waals surface area contributed by atoms with Gasteiger partial charge in [-0.3, -0.25) is 9.97 Å². The van der Waals surface area contributed by atoms with Crippen molar-refractivity contribution < 1.29 is 9.90 Å². The van der Waals surface area contributed by atoms with Crippen LogP contribution in [0.4, 0.5) is 0 Å². The second-order valence-corrected chi connectivity index (χ2v) is 4.32. The Labute approximate surface area is 119 Å². The van der Waals surface area contributed by atoms with E-state index in [0.29, 0.717) is 17.9 Å². The first-order chi connectivity index (χ1) is 10.3. The van der Waals surface area contributed by atoms with Crippen molar-refractivity contribution in [2.45, 2.75) is 6.54 Å². The van der Waals surface area contributed by atoms with Crippen molar-refractivity contribution in [1.82, 2.24) is 25.0 Å². The maximum Gasteiger partial charge on any atom is 0.358 e. The minimum atomic E-state index is -1.13. The lowest BCUT2D eigenvalue weighted by Crippen LogP contribution is -2.07. The van der Waals surface area contributed by atoms with Gasteiger partial charge in [-0.2, -0.15) is 0 Å². The smallest absolute Gasteiger partial charge is 0.358 e. The fourth-order valence-electron chi connectivity index (χ4n) is 1.99. The van der Waals surface area contributed by atoms with Crippen LogP contribution in [-0.2, 0) is 6.54 Å². The molecule has 0 spiro atoms. The minimum absolute atomic E-state index is 0.109. The summed E-state index contributed by atoms with van der Waals surface area (Å²) in [4.78, 5) is 19.4. The van der Waals surface area contributed by atoms with Crippen molar-refractivity contribution >= 4 is 5.97 Å². The van der Waals surface area contributed by atoms with Crippen molar-refractivity contribution in [3.05, 3.63) is 60.2 Å². The molecule has 3 rings (SSSR count). The van der Waals surface area contributed by atoms with Crippen molar-refractivity contribution in [3.63, 3.8) is 0 Å². The summed E-state index contributed by atoms with van der Waals surface area (Å²) in [6.45, 7) is 0.398. The summed E-state index contributed by atoms with van der Waals surface area (Å²) in [5.74, 6) is -1.13. The van der Waals surface area contributed by atoms with Crippen molar-refractivity contribution in [2.24, 2.45) is 0 Å². The molecule has 0 atom stereocenters. The van der Waals surface area contributed by atoms with Crippen LogP contribution in [0, 0.1) is 0 Å². The standard InChI is InChI=1S/C14H11N5O2/c20-14(21)12-13(11-3-1-2-6-16-11)19(18-17-12)9-10-4-7-15-8-5-10/h1-8H,9H2,(H,20,21). The van der Waals surface area contributed by atoms with Gasteiger partial charge in [-0.15, -0.1) is 5.10 Å². The number of carboxylic acids is 1. The second kappa shape index (κ2) is 5.49. The van der Waals surface area contributed by atoms with E-state index in [9.17, 15) is 9.90 Å². The van der Waals surface area contributed by atoms with Crippen LogP contribution < -0.4 is 0 Å². The Bertz CT molecular complexity index is 756. The molecule has 0 amide bonds. The van der Waals surface area contributed by atoms with Gasteiger partial charge in [0.2, 0.25) is 0 Å². The molecule has 104 valence electrons. The van der Waals surface area contributed by atoms with E-state index >= 15 is 0 Å². The predicted octanol–water partition coefficient (Wildman–Crippen LogP) is 1.48. The third kappa shape index (κ3) is 2.62. The molecular formula is C14H11N5O2. The van der Waals surface area contributed by atoms with Gasteiger partial charge in [-0.25, -0.2) is 9.48 Å². The lowest BCUT2D eigenvalue weighted by Gasteiger charge is -2.06. The van der Waals surface area contributed by atoms with Gasteiger partial charge >= 0.3 is 5.97 Å². The number of carbonyl (C=O) groups is 1. The zero-order valence-corrected chi connectivity index (χ0v) is 10.9. The van der Waals surface area contributed by atoms with Crippen LogP contribution in [0.25, 0.3) is 11.4 Å². The summed E-state index contributed by atoms with van der Waals surface area (Å²) in [6.07, 6.45) is 4.94. The third-order valence-corrected chi connectivity index (χ3v) is 2.93. The quantitative estimate of drug-likeness (QED) is 0.778. The van der Waals surface area contributed by atoms with Crippen LogP contribution in [0.5, 0.6) is 0 Å². The summed E-state index contributed by atoms with van der Waals surface area (Å²) in [5, 5.41) is 16.9. The van der Waals surface area contributed by atoms with Gasteiger partial charge in [0.15, 0.2) is 5.69 Å². The molecule has 7 heteroatoms. The van der Waals surface area contributed by atoms with E-state index < -0.39 is 5.97 Å². The first kappa shape index (κ1) is 12.9. The highest BCUT2D eigenvalue weighted by Gasteiger charge is 2.21. The molecule has 1 N–H and O–H groups in total. The largest absolute Gasteiger partial charge is 0.476 e. The molecule has 0 fully saturated rings. The van der Waals surface area contributed by atoms with Crippen LogP contribution in [0.15, 0.2) is 48.9 Å². The van der Waals surface area contributed by atoms with Gasteiger partial charge in [-0.1, -0.05) is 11.3 Å². The fourth-order valence-corrected chi connectivity index (χ4v) is 1.99. The number of rotatable bonds is 4. The molecule has 0 saturated heterocycles. The van der Waals surface area contributed by atoms with Gasteiger partial charge in [-0.05, 0) is 29.8 Å². The molecule has 3 aromatic rings. The Hall–Kier alpha value is -3.09. The second-order valence-electron chi connectivity index (χ2n) is 4.32. The lowest BCUT2D eigenvalue weighted by molar-refractivity contribution is 0.0691. The molecule has 0 aliphatic carbocycles. The van der Waals surface area contributed by atoms with E-state index in [1.807, 2.05) is 12.1 Å². The zero-order chi connectivity index (χ0) is 14.7. The van der Waals surface area contributed by atoms with Gasteiger partial charge in [0.05, 0.1) is 12.2 Å². The molecule has 21 heavy (non-hydrogen) atoms. The maximum atomic E-state index is 11.3. The molecule has 0 aromatic carbocycles. The molecule has 7 nitrogen and oxygen atoms in total. The molecule has 0 unspecified atom stereocenters. The molecule has 0 saturated carbocycles. The Balaban J connectivity index is 2.07. The monoisotopic (exact) mass is 281 g/mol. The normalized spacial score (nSPS) is 10.5. The van der Waals surface area contributed by atoms with Crippen molar-refractivity contribution in [2.75, 3.05) is 0 Å². The Morgan fingerprint density at radius 1 is 1.14 bits per heavy atom. The molecular weight excluding hydrogens is 270 g/mol. The summed E-state index contributed by atoms with van der Waals surface area (Å²) < 4.78 is 1.53. The lowest BCUT2D eigenvalue weighted by atomic mass is 10.2. The highest BCUT2D eigenvalue weighted by Crippen LogP contribution is 2.20. The third-order valence-electron chi connectivity index (χ3n) is 2.93. The summed E-state index contributed by atoms with van der Waals surface area (Å²) in [5.41, 5.74) is 1.75. The molecule has 0 aliphatic rings. The molecule has 0 bridgehead atoms. The van der Waals surface area contributed by atoms with E-state index in [0.717, 1.165) is 5.56 Å². The van der Waals surface area contributed by atoms with Crippen molar-refractivity contribution in [1.29, 1.82) is 0 Å². The van der Waals surface area contributed by atoms with Gasteiger partial charge < -0.3 is 5.11 Å². The molecule has 0 aliphatic heterocycles. The number of nitrogens with zero attached hydrogens (tertiary/aromatic N) is 5. The van der Waals surface area contributed by atoms with Crippen molar-refractivity contribution in [3.8, 4) is 11.4 Å². The van der Waals surface area contributed by atoms with Gasteiger partial charge in [0.25, 0.3) is 0 Å². The maximum absolute atomic E-state index is 11.3. The van der Waals surface area contributed by atoms with E-state index in [2.05, 4.69) is 20.3 Å². The summed E-state index contributed by atoms with van der Waals surface area (Å²) in [6, 6.07) is 8.96. The number of hydrogen-bond donors (Lipinski definition) is 1. The SMILES string of the molecule is O=C(O)c1nnn(Cc2ccncc2)c1-c1ccccn1. The number of aromatic nitrogens is 5. The van der Waals surface area contributed by atoms with Crippen LogP contribution in [0.1, 0.15) is 16.1 Å². The van der Waals surface area contributed by atoms with E-state index in [4.69, 9.17) is 0 Å². The fraction of sp³-hybridized carbons (Fsp3) is 0.0714. The Morgan fingerprint density at radius 3 is 2.62 bits per heavy atom. The number of pyridine rings is 2. The first-order valence-corrected chi connectivity index (χ1v) is 6.23. The van der Waals surface area contributed by atoms with Crippen LogP contribution >= 0.6 is 0 Å². The highest BCUT2D eigenvalue weighted by molar-refractivity contribution is 5.92. The number of carboxylic acid groups (broad SMARTS) is 1. The summed E-state index contributed by atoms with van der Waals surface area (Å²) in [7, 11) is 0. The Morgan fingerprint density at radius 2 is 1.95 bits per heavy atom. The van der Waals surface area contributed by atoms with E-state index in [-0.39, 0.29) is 5.69 Å².